The third-order valence-electron chi connectivity index (χ3n) is 7.29. The van der Waals surface area contributed by atoms with Gasteiger partial charge in [-0.15, -0.1) is 0 Å². The van der Waals surface area contributed by atoms with Crippen LogP contribution in [-0.4, -0.2) is 34.7 Å². The van der Waals surface area contributed by atoms with Crippen LogP contribution in [0.5, 0.6) is 11.5 Å². The molecule has 0 spiro atoms. The van der Waals surface area contributed by atoms with Crippen LogP contribution in [0.25, 0.3) is 21.5 Å². The first kappa shape index (κ1) is 28.4. The number of carbonyl (C=O) groups excluding carboxylic acids is 1. The molecule has 4 aromatic carbocycles. The molecule has 0 unspecified atom stereocenters. The van der Waals surface area contributed by atoms with Gasteiger partial charge in [-0.25, -0.2) is 0 Å². The molecule has 0 aliphatic rings. The Hall–Kier alpha value is -3.65. The van der Waals surface area contributed by atoms with Gasteiger partial charge >= 0.3 is 0 Å². The van der Waals surface area contributed by atoms with Gasteiger partial charge in [0, 0.05) is 53.5 Å². The molecule has 0 aromatic heterocycles. The minimum absolute atomic E-state index is 0.248. The molecule has 7 heteroatoms. The molecular formula is C32H40N4O3. The van der Waals surface area contributed by atoms with Crippen molar-refractivity contribution in [3.05, 3.63) is 82.9 Å². The number of hydrogen-bond acceptors (Lipinski definition) is 6. The zero-order chi connectivity index (χ0) is 28.0. The van der Waals surface area contributed by atoms with Gasteiger partial charge in [-0.05, 0) is 61.6 Å². The number of aromatic hydroxyl groups is 2. The Bertz CT molecular complexity index is 1470. The van der Waals surface area contributed by atoms with E-state index in [9.17, 15) is 15.0 Å². The highest BCUT2D eigenvalue weighted by atomic mass is 16.3. The second kappa shape index (κ2) is 12.5. The Morgan fingerprint density at radius 2 is 1.31 bits per heavy atom. The highest BCUT2D eigenvalue weighted by Crippen LogP contribution is 2.34. The van der Waals surface area contributed by atoms with Crippen molar-refractivity contribution in [1.29, 1.82) is 0 Å². The number of benzene rings is 4. The van der Waals surface area contributed by atoms with E-state index in [0.717, 1.165) is 51.1 Å². The summed E-state index contributed by atoms with van der Waals surface area (Å²) in [7, 11) is 0. The third-order valence-corrected chi connectivity index (χ3v) is 7.29. The summed E-state index contributed by atoms with van der Waals surface area (Å²) in [6.07, 6.45) is 2.54. The van der Waals surface area contributed by atoms with E-state index in [2.05, 4.69) is 30.5 Å². The van der Waals surface area contributed by atoms with Crippen molar-refractivity contribution >= 4 is 27.5 Å². The molecule has 0 heterocycles. The van der Waals surface area contributed by atoms with Crippen molar-refractivity contribution in [3.8, 4) is 11.5 Å². The van der Waals surface area contributed by atoms with Gasteiger partial charge in [0.1, 0.15) is 11.5 Å². The Morgan fingerprint density at radius 1 is 0.795 bits per heavy atom. The lowest BCUT2D eigenvalue weighted by atomic mass is 9.95. The lowest BCUT2D eigenvalue weighted by Gasteiger charge is -2.28. The van der Waals surface area contributed by atoms with Gasteiger partial charge in [-0.1, -0.05) is 60.7 Å². The number of fused-ring (bicyclic) bond motifs is 2. The average molecular weight is 529 g/mol. The van der Waals surface area contributed by atoms with Crippen molar-refractivity contribution in [2.24, 2.45) is 11.5 Å². The van der Waals surface area contributed by atoms with Crippen LogP contribution in [0.15, 0.2) is 60.7 Å². The van der Waals surface area contributed by atoms with E-state index in [1.807, 2.05) is 54.6 Å². The summed E-state index contributed by atoms with van der Waals surface area (Å²) in [6.45, 7) is 6.44. The highest BCUT2D eigenvalue weighted by molar-refractivity contribution is 5.93. The summed E-state index contributed by atoms with van der Waals surface area (Å²) >= 11 is 0. The monoisotopic (exact) mass is 528 g/mol. The van der Waals surface area contributed by atoms with Gasteiger partial charge in [0.15, 0.2) is 0 Å². The highest BCUT2D eigenvalue weighted by Gasteiger charge is 2.20. The molecule has 0 radical (unpaired) electrons. The van der Waals surface area contributed by atoms with Gasteiger partial charge in [-0.3, -0.25) is 4.79 Å². The molecule has 8 N–H and O–H groups in total. The maximum absolute atomic E-state index is 11.4. The number of nitrogens with two attached hydrogens (primary N) is 2. The van der Waals surface area contributed by atoms with Crippen molar-refractivity contribution < 1.29 is 15.0 Å². The first-order valence-corrected chi connectivity index (χ1v) is 13.6. The van der Waals surface area contributed by atoms with Crippen LogP contribution in [0.2, 0.25) is 0 Å². The zero-order valence-corrected chi connectivity index (χ0v) is 22.9. The molecule has 0 aliphatic heterocycles. The standard InChI is InChI=1S/C32H40N4O3/c1-32(2,36-19-24-16-21(8-7-15-33)25-9-3-5-11-27(25)31(24)39)20-35-18-23-17-22(13-14-29(34)37)26-10-4-6-12-28(26)30(23)38/h3-6,9-12,16-17,35-36,38-39H,7-8,13-15,18-20,33H2,1-2H3,(H2,34,37). The smallest absolute Gasteiger partial charge is 0.217 e. The van der Waals surface area contributed by atoms with Gasteiger partial charge in [0.05, 0.1) is 0 Å². The van der Waals surface area contributed by atoms with Crippen LogP contribution in [0.3, 0.4) is 0 Å². The normalized spacial score (nSPS) is 11.9. The maximum Gasteiger partial charge on any atom is 0.217 e. The number of aryl methyl sites for hydroxylation is 2. The van der Waals surface area contributed by atoms with Gasteiger partial charge < -0.3 is 32.3 Å². The summed E-state index contributed by atoms with van der Waals surface area (Å²) in [4.78, 5) is 11.4. The Labute approximate surface area is 230 Å². The summed E-state index contributed by atoms with van der Waals surface area (Å²) < 4.78 is 0. The number of phenols is 2. The molecular weight excluding hydrogens is 488 g/mol. The van der Waals surface area contributed by atoms with Gasteiger partial charge in [0.2, 0.25) is 5.91 Å². The molecule has 0 aliphatic carbocycles. The third kappa shape index (κ3) is 6.87. The quantitative estimate of drug-likeness (QED) is 0.153. The summed E-state index contributed by atoms with van der Waals surface area (Å²) in [5, 5.41) is 32.6. The number of nitrogens with one attached hydrogen (secondary N) is 2. The first-order chi connectivity index (χ1) is 18.7. The lowest BCUT2D eigenvalue weighted by molar-refractivity contribution is -0.117. The van der Waals surface area contributed by atoms with E-state index in [-0.39, 0.29) is 23.6 Å². The van der Waals surface area contributed by atoms with Crippen LogP contribution >= 0.6 is 0 Å². The number of hydrogen-bond donors (Lipinski definition) is 6. The van der Waals surface area contributed by atoms with Crippen LogP contribution in [-0.2, 0) is 30.7 Å². The topological polar surface area (TPSA) is 134 Å². The van der Waals surface area contributed by atoms with Crippen LogP contribution in [0.1, 0.15) is 48.9 Å². The minimum atomic E-state index is -0.344. The molecule has 1 amide bonds. The van der Waals surface area contributed by atoms with Crippen molar-refractivity contribution in [3.63, 3.8) is 0 Å². The first-order valence-electron chi connectivity index (χ1n) is 13.6. The number of carbonyl (C=O) groups is 1. The summed E-state index contributed by atoms with van der Waals surface area (Å²) in [5.41, 5.74) is 14.7. The fourth-order valence-electron chi connectivity index (χ4n) is 5.14. The second-order valence-electron chi connectivity index (χ2n) is 10.9. The predicted molar refractivity (Wildman–Crippen MR) is 159 cm³/mol. The van der Waals surface area contributed by atoms with Crippen LogP contribution in [0, 0.1) is 0 Å². The average Bonchev–Trinajstić information content (AvgIpc) is 2.92. The largest absolute Gasteiger partial charge is 0.507 e. The Kier molecular flexibility index (Phi) is 9.07. The fraction of sp³-hybridized carbons (Fsp3) is 0.344. The molecule has 0 saturated heterocycles. The van der Waals surface area contributed by atoms with E-state index in [0.29, 0.717) is 38.3 Å². The van der Waals surface area contributed by atoms with E-state index < -0.39 is 0 Å². The van der Waals surface area contributed by atoms with Crippen LogP contribution < -0.4 is 22.1 Å². The molecule has 0 atom stereocenters. The number of rotatable bonds is 13. The Morgan fingerprint density at radius 3 is 1.85 bits per heavy atom. The van der Waals surface area contributed by atoms with Crippen molar-refractivity contribution in [2.75, 3.05) is 13.1 Å². The summed E-state index contributed by atoms with van der Waals surface area (Å²) in [5.74, 6) is 0.212. The van der Waals surface area contributed by atoms with Crippen LogP contribution in [0.4, 0.5) is 0 Å². The van der Waals surface area contributed by atoms with Gasteiger partial charge in [-0.2, -0.15) is 0 Å². The fourth-order valence-corrected chi connectivity index (χ4v) is 5.14. The second-order valence-corrected chi connectivity index (χ2v) is 10.9. The molecule has 39 heavy (non-hydrogen) atoms. The van der Waals surface area contributed by atoms with E-state index in [4.69, 9.17) is 11.5 Å². The molecule has 0 bridgehead atoms. The molecule has 0 fully saturated rings. The molecule has 7 nitrogen and oxygen atoms in total. The SMILES string of the molecule is CC(C)(CNCc1cc(CCC(N)=O)c2ccccc2c1O)NCc1cc(CCCN)c2ccccc2c1O. The molecule has 206 valence electrons. The lowest BCUT2D eigenvalue weighted by Crippen LogP contribution is -2.47. The van der Waals surface area contributed by atoms with Gasteiger partial charge in [0.25, 0.3) is 0 Å². The number of primary amides is 1. The Balaban J connectivity index is 1.45. The van der Waals surface area contributed by atoms with E-state index in [1.54, 1.807) is 0 Å². The minimum Gasteiger partial charge on any atom is -0.507 e. The molecule has 4 aromatic rings. The van der Waals surface area contributed by atoms with Crippen molar-refractivity contribution in [1.82, 2.24) is 10.6 Å². The molecule has 4 rings (SSSR count). The molecule has 0 saturated carbocycles. The predicted octanol–water partition coefficient (Wildman–Crippen LogP) is 4.37. The zero-order valence-electron chi connectivity index (χ0n) is 22.9. The van der Waals surface area contributed by atoms with E-state index >= 15 is 0 Å². The van der Waals surface area contributed by atoms with Crippen molar-refractivity contribution in [2.45, 2.75) is 58.2 Å². The maximum atomic E-state index is 11.4. The number of phenolic OH excluding ortho intramolecular Hbond substituents is 2. The van der Waals surface area contributed by atoms with E-state index in [1.165, 1.54) is 5.56 Å². The summed E-state index contributed by atoms with van der Waals surface area (Å²) in [6, 6.07) is 19.7. The number of amides is 1.